The topological polar surface area (TPSA) is 295 Å². The summed E-state index contributed by atoms with van der Waals surface area (Å²) in [6, 6.07) is 8.28. The number of benzene rings is 2. The van der Waals surface area contributed by atoms with E-state index < -0.39 is 120 Å². The summed E-state index contributed by atoms with van der Waals surface area (Å²) in [6.45, 7) is 15.0. The van der Waals surface area contributed by atoms with Crippen LogP contribution < -0.4 is 31.9 Å². The molecular weight excluding hydrogens is 953 g/mol. The van der Waals surface area contributed by atoms with Crippen LogP contribution in [0, 0.1) is 23.7 Å². The highest BCUT2D eigenvalue weighted by Gasteiger charge is 2.38. The molecule has 1 fully saturated rings. The Morgan fingerprint density at radius 3 is 2.04 bits per heavy atom. The highest BCUT2D eigenvalue weighted by atomic mass is 16.5. The normalized spacial score (nSPS) is 24.9. The molecule has 20 heteroatoms. The second-order valence-corrected chi connectivity index (χ2v) is 19.4. The first-order valence-electron chi connectivity index (χ1n) is 24.6. The molecule has 10 unspecified atom stereocenters. The van der Waals surface area contributed by atoms with E-state index >= 15 is 0 Å². The Bertz CT molecular complexity index is 2590. The summed E-state index contributed by atoms with van der Waals surface area (Å²) >= 11 is 0. The molecule has 400 valence electrons. The van der Waals surface area contributed by atoms with Gasteiger partial charge in [-0.25, -0.2) is 9.59 Å². The molecule has 1 aliphatic rings. The maximum Gasteiger partial charge on any atom is 0.327 e. The average Bonchev–Trinajstić information content (AvgIpc) is 3.77. The van der Waals surface area contributed by atoms with Gasteiger partial charge in [0, 0.05) is 50.0 Å². The van der Waals surface area contributed by atoms with Crippen LogP contribution in [0.4, 0.5) is 0 Å². The number of carbonyl (C=O) groups is 9. The van der Waals surface area contributed by atoms with Crippen molar-refractivity contribution < 1.29 is 58.1 Å². The molecule has 1 aromatic heterocycles. The lowest BCUT2D eigenvalue weighted by Crippen LogP contribution is -2.59. The van der Waals surface area contributed by atoms with Gasteiger partial charge in [0.05, 0.1) is 24.0 Å². The van der Waals surface area contributed by atoms with Gasteiger partial charge in [0.2, 0.25) is 35.4 Å². The van der Waals surface area contributed by atoms with Crippen LogP contribution in [0.5, 0.6) is 0 Å². The molecule has 2 heterocycles. The third-order valence-electron chi connectivity index (χ3n) is 13.1. The van der Waals surface area contributed by atoms with Gasteiger partial charge in [-0.05, 0) is 56.2 Å². The molecule has 0 radical (unpaired) electrons. The Hall–Kier alpha value is -7.61. The van der Waals surface area contributed by atoms with Gasteiger partial charge in [0.25, 0.3) is 5.91 Å². The van der Waals surface area contributed by atoms with Crippen LogP contribution in [0.3, 0.4) is 0 Å². The van der Waals surface area contributed by atoms with Gasteiger partial charge in [-0.1, -0.05) is 114 Å². The average molecular weight is 1030 g/mol. The molecule has 1 aliphatic heterocycles. The van der Waals surface area contributed by atoms with Crippen molar-refractivity contribution in [3.8, 4) is 0 Å². The fourth-order valence-corrected chi connectivity index (χ4v) is 8.41. The van der Waals surface area contributed by atoms with E-state index in [1.165, 1.54) is 27.8 Å². The van der Waals surface area contributed by atoms with Crippen LogP contribution in [0.1, 0.15) is 78.9 Å². The Kier molecular flexibility index (Phi) is 21.9. The molecule has 3 aromatic rings. The van der Waals surface area contributed by atoms with Gasteiger partial charge in [-0.3, -0.25) is 33.6 Å². The summed E-state index contributed by atoms with van der Waals surface area (Å²) in [4.78, 5) is 127. The number of ether oxygens (including phenoxy) is 1. The maximum absolute atomic E-state index is 14.8. The molecule has 0 bridgehead atoms. The van der Waals surface area contributed by atoms with Gasteiger partial charge in [0.15, 0.2) is 0 Å². The molecule has 0 spiro atoms. The molecule has 2 aromatic carbocycles. The summed E-state index contributed by atoms with van der Waals surface area (Å²) < 4.78 is 5.85. The van der Waals surface area contributed by atoms with Crippen molar-refractivity contribution in [3.05, 3.63) is 108 Å². The van der Waals surface area contributed by atoms with Crippen LogP contribution in [0.15, 0.2) is 96.9 Å². The van der Waals surface area contributed by atoms with E-state index in [1.807, 2.05) is 68.5 Å². The number of nitrogens with zero attached hydrogens (tertiary/aromatic N) is 1. The molecule has 1 saturated heterocycles. The number of nitrogens with one attached hydrogen (secondary N) is 7. The lowest BCUT2D eigenvalue weighted by atomic mass is 9.94. The molecule has 4 rings (SSSR count). The zero-order valence-electron chi connectivity index (χ0n) is 43.5. The fourth-order valence-electron chi connectivity index (χ4n) is 8.41. The standard InChI is InChI=1S/C54H72N8O12/c1-29(2)24-42-52(69)61-46(54(72)73)33(6)48(65)59-43(27-37-28-55-40-19-15-14-18-38(37)40)51(68)57-39(21-20-30(3)25-31(4)44(74-10)26-36-16-12-11-13-17-36)32(5)47(64)58-41(53(70)71)22-23-45(63)62(9)35(8)50(67)56-34(7)49(66)60-42/h11-21,25,28-29,31-34,39,41-44,46,55H,8,22-24,26-27H2,1-7,9-10H3,(H,56,67)(H,57,68)(H,58,64)(H,59,65)(H,60,66)(H,61,69)(H,70,71)(H,72,73)/b21-20+,30-25+. The van der Waals surface area contributed by atoms with Gasteiger partial charge < -0.3 is 56.7 Å². The molecule has 7 amide bonds. The largest absolute Gasteiger partial charge is 0.480 e. The molecular formula is C54H72N8O12. The lowest BCUT2D eigenvalue weighted by Gasteiger charge is -2.28. The summed E-state index contributed by atoms with van der Waals surface area (Å²) in [7, 11) is 2.85. The Balaban J connectivity index is 1.81. The van der Waals surface area contributed by atoms with E-state index in [4.69, 9.17) is 4.74 Å². The zero-order valence-corrected chi connectivity index (χ0v) is 43.5. The van der Waals surface area contributed by atoms with Gasteiger partial charge in [-0.15, -0.1) is 0 Å². The zero-order chi connectivity index (χ0) is 55.0. The van der Waals surface area contributed by atoms with E-state index in [-0.39, 0.29) is 30.8 Å². The number of H-pyrrole nitrogens is 1. The summed E-state index contributed by atoms with van der Waals surface area (Å²) in [5.74, 6) is -12.2. The second-order valence-electron chi connectivity index (χ2n) is 19.4. The minimum absolute atomic E-state index is 0.0149. The molecule has 9 N–H and O–H groups in total. The number of carboxylic acids is 2. The van der Waals surface area contributed by atoms with Crippen molar-refractivity contribution in [2.45, 2.75) is 123 Å². The third-order valence-corrected chi connectivity index (χ3v) is 13.1. The van der Waals surface area contributed by atoms with Crippen LogP contribution in [-0.2, 0) is 60.7 Å². The van der Waals surface area contributed by atoms with Gasteiger partial charge in [-0.2, -0.15) is 0 Å². The number of likely N-dealkylation sites (N-methyl/N-ethyl adjacent to an activating group) is 1. The molecule has 10 atom stereocenters. The first-order chi connectivity index (χ1) is 34.9. The minimum Gasteiger partial charge on any atom is -0.480 e. The number of hydrogen-bond acceptors (Lipinski definition) is 10. The Morgan fingerprint density at radius 1 is 0.784 bits per heavy atom. The van der Waals surface area contributed by atoms with Gasteiger partial charge in [0.1, 0.15) is 35.9 Å². The quantitative estimate of drug-likeness (QED) is 0.0881. The van der Waals surface area contributed by atoms with Crippen molar-refractivity contribution in [1.82, 2.24) is 41.8 Å². The number of carboxylic acid groups (broad SMARTS) is 2. The van der Waals surface area contributed by atoms with Crippen LogP contribution >= 0.6 is 0 Å². The van der Waals surface area contributed by atoms with Crippen molar-refractivity contribution in [1.29, 1.82) is 0 Å². The monoisotopic (exact) mass is 1020 g/mol. The number of methoxy groups -OCH3 is 1. The smallest absolute Gasteiger partial charge is 0.327 e. The number of aromatic amines is 1. The third kappa shape index (κ3) is 16.7. The molecule has 74 heavy (non-hydrogen) atoms. The van der Waals surface area contributed by atoms with E-state index in [0.717, 1.165) is 26.9 Å². The fraction of sp³-hybridized carbons (Fsp3) is 0.463. The van der Waals surface area contributed by atoms with E-state index in [2.05, 4.69) is 43.5 Å². The highest BCUT2D eigenvalue weighted by Crippen LogP contribution is 2.22. The predicted molar refractivity (Wildman–Crippen MR) is 276 cm³/mol. The number of fused-ring (bicyclic) bond motifs is 1. The van der Waals surface area contributed by atoms with E-state index in [0.29, 0.717) is 12.0 Å². The number of aromatic nitrogens is 1. The number of para-hydroxylation sites is 1. The minimum atomic E-state index is -1.88. The summed E-state index contributed by atoms with van der Waals surface area (Å²) in [5, 5.41) is 36.8. The first kappa shape index (κ1) is 59.0. The molecule has 0 aliphatic carbocycles. The van der Waals surface area contributed by atoms with E-state index in [9.17, 15) is 53.4 Å². The van der Waals surface area contributed by atoms with Crippen LogP contribution in [0.25, 0.3) is 10.9 Å². The Labute approximate surface area is 431 Å². The number of amides is 7. The van der Waals surface area contributed by atoms with Crippen molar-refractivity contribution in [2.75, 3.05) is 14.2 Å². The number of allylic oxidation sites excluding steroid dienone is 2. The number of rotatable bonds is 13. The van der Waals surface area contributed by atoms with E-state index in [1.54, 1.807) is 45.4 Å². The molecule has 0 saturated carbocycles. The summed E-state index contributed by atoms with van der Waals surface area (Å²) in [6.07, 6.45) is 6.26. The Morgan fingerprint density at radius 2 is 1.41 bits per heavy atom. The number of carbonyl (C=O) groups excluding carboxylic acids is 7. The van der Waals surface area contributed by atoms with Crippen LogP contribution in [-0.4, -0.2) is 130 Å². The van der Waals surface area contributed by atoms with Crippen molar-refractivity contribution in [3.63, 3.8) is 0 Å². The predicted octanol–water partition coefficient (Wildman–Crippen LogP) is 3.29. The lowest BCUT2D eigenvalue weighted by molar-refractivity contribution is -0.146. The van der Waals surface area contributed by atoms with Gasteiger partial charge >= 0.3 is 11.9 Å². The maximum atomic E-state index is 14.8. The second kappa shape index (κ2) is 27.4. The highest BCUT2D eigenvalue weighted by molar-refractivity contribution is 6.00. The summed E-state index contributed by atoms with van der Waals surface area (Å²) in [5.41, 5.74) is 2.72. The number of aliphatic carboxylic acids is 2. The van der Waals surface area contributed by atoms with Crippen molar-refractivity contribution >= 4 is 64.2 Å². The SMILES string of the molecule is C=C1C(=O)NC(C)C(=O)NC(CC(C)C)C(=O)NC(C(=O)O)C(C)C(=O)NC(Cc2c[nH]c3ccccc23)C(=O)NC(/C=C/C(C)=C/C(C)C(Cc2ccccc2)OC)C(C)C(=O)NC(C(=O)O)CCC(=O)N1C. The van der Waals surface area contributed by atoms with Crippen molar-refractivity contribution in [2.24, 2.45) is 23.7 Å². The van der Waals surface area contributed by atoms with Crippen LogP contribution in [0.2, 0.25) is 0 Å². The number of hydrogen-bond donors (Lipinski definition) is 9. The first-order valence-corrected chi connectivity index (χ1v) is 24.6. The molecule has 20 nitrogen and oxygen atoms in total.